The van der Waals surface area contributed by atoms with Gasteiger partial charge in [0.25, 0.3) is 5.91 Å². The summed E-state index contributed by atoms with van der Waals surface area (Å²) in [5.41, 5.74) is 2.99. The fraction of sp³-hybridized carbons (Fsp3) is 0.286. The lowest BCUT2D eigenvalue weighted by Crippen LogP contribution is -2.47. The molecule has 0 spiro atoms. The normalized spacial score (nSPS) is 14.8. The molecule has 1 aromatic carbocycles. The lowest BCUT2D eigenvalue weighted by molar-refractivity contribution is 0.0664. The third-order valence-corrected chi connectivity index (χ3v) is 5.42. The van der Waals surface area contributed by atoms with Gasteiger partial charge in [-0.2, -0.15) is 15.2 Å². The average molecular weight is 417 g/mol. The van der Waals surface area contributed by atoms with Crippen molar-refractivity contribution in [3.63, 3.8) is 0 Å². The van der Waals surface area contributed by atoms with E-state index in [-0.39, 0.29) is 5.91 Å². The quantitative estimate of drug-likeness (QED) is 0.540. The van der Waals surface area contributed by atoms with Gasteiger partial charge in [-0.1, -0.05) is 0 Å². The number of aromatic nitrogens is 6. The van der Waals surface area contributed by atoms with Crippen LogP contribution in [0.15, 0.2) is 49.1 Å². The van der Waals surface area contributed by atoms with Crippen LogP contribution in [0.3, 0.4) is 0 Å². The van der Waals surface area contributed by atoms with E-state index in [4.69, 9.17) is 0 Å². The monoisotopic (exact) mass is 417 g/mol. The molecule has 5 rings (SSSR count). The summed E-state index contributed by atoms with van der Waals surface area (Å²) in [4.78, 5) is 25.9. The van der Waals surface area contributed by atoms with Crippen LogP contribution in [0.5, 0.6) is 0 Å². The molecule has 1 aliphatic heterocycles. The molecule has 10 heteroatoms. The molecular weight excluding hydrogens is 394 g/mol. The smallest absolute Gasteiger partial charge is 0.253 e. The van der Waals surface area contributed by atoms with Crippen LogP contribution in [0, 0.1) is 0 Å². The van der Waals surface area contributed by atoms with Crippen LogP contribution in [0.4, 0.5) is 11.6 Å². The maximum atomic E-state index is 12.8. The molecule has 0 saturated carbocycles. The first-order valence-corrected chi connectivity index (χ1v) is 10.1. The molecule has 31 heavy (non-hydrogen) atoms. The highest BCUT2D eigenvalue weighted by Gasteiger charge is 2.20. The zero-order valence-corrected chi connectivity index (χ0v) is 17.4. The Balaban J connectivity index is 1.38. The van der Waals surface area contributed by atoms with E-state index in [1.54, 1.807) is 28.0 Å². The van der Waals surface area contributed by atoms with Crippen molar-refractivity contribution in [1.29, 1.82) is 0 Å². The van der Waals surface area contributed by atoms with Crippen LogP contribution in [-0.4, -0.2) is 78.5 Å². The molecule has 0 bridgehead atoms. The fourth-order valence-electron chi connectivity index (χ4n) is 3.62. The minimum Gasteiger partial charge on any atom is -0.336 e. The lowest BCUT2D eigenvalue weighted by atomic mass is 10.1. The van der Waals surface area contributed by atoms with Gasteiger partial charge in [0.2, 0.25) is 5.95 Å². The van der Waals surface area contributed by atoms with Crippen LogP contribution in [0.25, 0.3) is 16.7 Å². The number of hydrogen-bond donors (Lipinski definition) is 1. The van der Waals surface area contributed by atoms with E-state index in [2.05, 4.69) is 37.4 Å². The fourth-order valence-corrected chi connectivity index (χ4v) is 3.62. The molecular formula is C21H23N9O. The number of nitrogens with one attached hydrogen (secondary N) is 1. The summed E-state index contributed by atoms with van der Waals surface area (Å²) in [6.45, 7) is 3.31. The minimum absolute atomic E-state index is 0.0651. The maximum Gasteiger partial charge on any atom is 0.253 e. The maximum absolute atomic E-state index is 12.8. The summed E-state index contributed by atoms with van der Waals surface area (Å²) in [5, 5.41) is 12.6. The summed E-state index contributed by atoms with van der Waals surface area (Å²) >= 11 is 0. The number of likely N-dealkylation sites (N-methyl/N-ethyl adjacent to an activating group) is 1. The largest absolute Gasteiger partial charge is 0.336 e. The number of fused-ring (bicyclic) bond motifs is 1. The Morgan fingerprint density at radius 3 is 2.45 bits per heavy atom. The van der Waals surface area contributed by atoms with Crippen molar-refractivity contribution in [2.75, 3.05) is 38.5 Å². The van der Waals surface area contributed by atoms with Crippen molar-refractivity contribution in [2.45, 2.75) is 0 Å². The molecule has 4 aromatic rings. The van der Waals surface area contributed by atoms with Gasteiger partial charge in [0, 0.05) is 51.2 Å². The van der Waals surface area contributed by atoms with E-state index >= 15 is 0 Å². The van der Waals surface area contributed by atoms with Gasteiger partial charge in [-0.3, -0.25) is 9.48 Å². The van der Waals surface area contributed by atoms with E-state index in [0.29, 0.717) is 17.2 Å². The summed E-state index contributed by atoms with van der Waals surface area (Å²) in [7, 11) is 3.93. The highest BCUT2D eigenvalue weighted by molar-refractivity contribution is 5.94. The highest BCUT2D eigenvalue weighted by Crippen LogP contribution is 2.20. The Morgan fingerprint density at radius 2 is 1.74 bits per heavy atom. The molecule has 0 unspecified atom stereocenters. The van der Waals surface area contributed by atoms with Crippen molar-refractivity contribution in [1.82, 2.24) is 39.3 Å². The molecule has 0 aliphatic carbocycles. The molecule has 1 amide bonds. The third kappa shape index (κ3) is 3.84. The van der Waals surface area contributed by atoms with Crippen molar-refractivity contribution >= 4 is 28.6 Å². The van der Waals surface area contributed by atoms with Gasteiger partial charge >= 0.3 is 0 Å². The molecule has 10 nitrogen and oxygen atoms in total. The standard InChI is InChI=1S/C21H23N9O/c1-27-7-9-29(10-8-27)20(31)15-3-5-18(6-4-15)30-19-16(12-24-30)11-22-21(26-19)25-17-13-23-28(2)14-17/h3-6,11-14H,7-10H2,1-2H3,(H,22,25,26). The van der Waals surface area contributed by atoms with Crippen molar-refractivity contribution in [3.05, 3.63) is 54.6 Å². The van der Waals surface area contributed by atoms with Gasteiger partial charge in [-0.05, 0) is 31.3 Å². The number of carbonyl (C=O) groups is 1. The van der Waals surface area contributed by atoms with Gasteiger partial charge in [0.1, 0.15) is 0 Å². The number of aryl methyl sites for hydroxylation is 1. The number of rotatable bonds is 4. The zero-order chi connectivity index (χ0) is 21.4. The van der Waals surface area contributed by atoms with E-state index in [0.717, 1.165) is 42.9 Å². The topological polar surface area (TPSA) is 97.0 Å². The second-order valence-electron chi connectivity index (χ2n) is 7.70. The number of piperazine rings is 1. The van der Waals surface area contributed by atoms with Gasteiger partial charge in [0.15, 0.2) is 5.65 Å². The number of anilines is 2. The average Bonchev–Trinajstić information content (AvgIpc) is 3.39. The Morgan fingerprint density at radius 1 is 0.968 bits per heavy atom. The summed E-state index contributed by atoms with van der Waals surface area (Å²) in [5.74, 6) is 0.527. The molecule has 0 radical (unpaired) electrons. The first-order valence-electron chi connectivity index (χ1n) is 10.1. The van der Waals surface area contributed by atoms with Crippen LogP contribution in [0.1, 0.15) is 10.4 Å². The van der Waals surface area contributed by atoms with E-state index in [1.807, 2.05) is 42.4 Å². The number of benzene rings is 1. The van der Waals surface area contributed by atoms with Crippen LogP contribution < -0.4 is 5.32 Å². The van der Waals surface area contributed by atoms with Gasteiger partial charge in [-0.15, -0.1) is 0 Å². The van der Waals surface area contributed by atoms with E-state index in [9.17, 15) is 4.79 Å². The molecule has 4 heterocycles. The Bertz CT molecular complexity index is 1220. The lowest BCUT2D eigenvalue weighted by Gasteiger charge is -2.32. The van der Waals surface area contributed by atoms with Gasteiger partial charge < -0.3 is 15.1 Å². The Hall–Kier alpha value is -3.79. The SMILES string of the molecule is CN1CCN(C(=O)c2ccc(-n3ncc4cnc(Nc5cnn(C)c5)nc43)cc2)CC1. The number of hydrogen-bond acceptors (Lipinski definition) is 7. The summed E-state index contributed by atoms with van der Waals surface area (Å²) in [6.07, 6.45) is 7.02. The Kier molecular flexibility index (Phi) is 4.83. The zero-order valence-electron chi connectivity index (χ0n) is 17.4. The van der Waals surface area contributed by atoms with Crippen LogP contribution in [0.2, 0.25) is 0 Å². The van der Waals surface area contributed by atoms with Gasteiger partial charge in [0.05, 0.1) is 29.2 Å². The highest BCUT2D eigenvalue weighted by atomic mass is 16.2. The first-order chi connectivity index (χ1) is 15.1. The molecule has 0 atom stereocenters. The Labute approximate surface area is 179 Å². The van der Waals surface area contributed by atoms with Gasteiger partial charge in [-0.25, -0.2) is 9.67 Å². The second-order valence-corrected chi connectivity index (χ2v) is 7.70. The number of nitrogens with zero attached hydrogens (tertiary/aromatic N) is 8. The molecule has 3 aromatic heterocycles. The molecule has 1 saturated heterocycles. The molecule has 1 aliphatic rings. The third-order valence-electron chi connectivity index (χ3n) is 5.42. The molecule has 1 fully saturated rings. The summed E-state index contributed by atoms with van der Waals surface area (Å²) in [6, 6.07) is 7.48. The predicted molar refractivity (Wildman–Crippen MR) is 117 cm³/mol. The van der Waals surface area contributed by atoms with Crippen molar-refractivity contribution in [2.24, 2.45) is 7.05 Å². The number of amides is 1. The second kappa shape index (κ2) is 7.80. The minimum atomic E-state index is 0.0651. The van der Waals surface area contributed by atoms with E-state index < -0.39 is 0 Å². The van der Waals surface area contributed by atoms with Crippen LogP contribution in [-0.2, 0) is 7.05 Å². The molecule has 158 valence electrons. The molecule has 1 N–H and O–H groups in total. The van der Waals surface area contributed by atoms with Crippen molar-refractivity contribution < 1.29 is 4.79 Å². The summed E-state index contributed by atoms with van der Waals surface area (Å²) < 4.78 is 3.45. The van der Waals surface area contributed by atoms with E-state index in [1.165, 1.54) is 0 Å². The van der Waals surface area contributed by atoms with Crippen molar-refractivity contribution in [3.8, 4) is 5.69 Å². The predicted octanol–water partition coefficient (Wildman–Crippen LogP) is 1.68. The van der Waals surface area contributed by atoms with Crippen LogP contribution >= 0.6 is 0 Å². The number of carbonyl (C=O) groups excluding carboxylic acids is 1. The first kappa shape index (κ1) is 19.2.